The van der Waals surface area contributed by atoms with Crippen LogP contribution in [0.5, 0.6) is 5.75 Å². The van der Waals surface area contributed by atoms with Crippen molar-refractivity contribution in [1.29, 1.82) is 0 Å². The van der Waals surface area contributed by atoms with Gasteiger partial charge in [0, 0.05) is 66.9 Å². The van der Waals surface area contributed by atoms with Gasteiger partial charge in [-0.15, -0.1) is 0 Å². The molecule has 2 aromatic heterocycles. The first-order chi connectivity index (χ1) is 18.5. The van der Waals surface area contributed by atoms with Crippen LogP contribution in [0.1, 0.15) is 18.4 Å². The third kappa shape index (κ3) is 4.70. The summed E-state index contributed by atoms with van der Waals surface area (Å²) in [4.78, 5) is 20.9. The maximum atomic E-state index is 14.2. The summed E-state index contributed by atoms with van der Waals surface area (Å²) in [5.41, 5.74) is 1.84. The maximum Gasteiger partial charge on any atom is 0.236 e. The molecule has 1 saturated heterocycles. The van der Waals surface area contributed by atoms with Gasteiger partial charge in [-0.1, -0.05) is 35.9 Å². The summed E-state index contributed by atoms with van der Waals surface area (Å²) >= 11 is 6.43. The van der Waals surface area contributed by atoms with Crippen molar-refractivity contribution in [2.45, 2.75) is 18.3 Å². The van der Waals surface area contributed by atoms with E-state index in [1.807, 2.05) is 66.6 Å². The molecular formula is C29H31ClN6O2. The fourth-order valence-electron chi connectivity index (χ4n) is 5.72. The molecule has 8 nitrogen and oxygen atoms in total. The van der Waals surface area contributed by atoms with Gasteiger partial charge in [0.05, 0.1) is 35.8 Å². The number of ether oxygens (including phenoxy) is 1. The van der Waals surface area contributed by atoms with Gasteiger partial charge in [-0.25, -0.2) is 0 Å². The maximum absolute atomic E-state index is 14.2. The summed E-state index contributed by atoms with van der Waals surface area (Å²) in [5, 5.41) is 13.7. The number of aromatic nitrogens is 3. The number of anilines is 2. The average Bonchev–Trinajstić information content (AvgIpc) is 3.58. The van der Waals surface area contributed by atoms with Crippen LogP contribution in [0.25, 0.3) is 10.8 Å². The van der Waals surface area contributed by atoms with Crippen LogP contribution in [0.3, 0.4) is 0 Å². The number of hydrogen-bond acceptors (Lipinski definition) is 6. The van der Waals surface area contributed by atoms with Gasteiger partial charge < -0.3 is 20.3 Å². The minimum Gasteiger partial charge on any atom is -0.493 e. The number of carbonyl (C=O) groups is 1. The van der Waals surface area contributed by atoms with E-state index < -0.39 is 5.41 Å². The van der Waals surface area contributed by atoms with Crippen LogP contribution in [-0.4, -0.2) is 53.5 Å². The summed E-state index contributed by atoms with van der Waals surface area (Å²) in [6.45, 7) is 3.72. The molecular weight excluding hydrogens is 500 g/mol. The number of nitrogens with zero attached hydrogens (tertiary/aromatic N) is 4. The summed E-state index contributed by atoms with van der Waals surface area (Å²) in [7, 11) is 1.94. The fraction of sp³-hybridized carbons (Fsp3) is 0.345. The summed E-state index contributed by atoms with van der Waals surface area (Å²) in [5.74, 6) is 1.10. The van der Waals surface area contributed by atoms with Gasteiger partial charge in [0.25, 0.3) is 0 Å². The van der Waals surface area contributed by atoms with E-state index in [2.05, 4.69) is 31.8 Å². The molecule has 6 rings (SSSR count). The van der Waals surface area contributed by atoms with Crippen LogP contribution in [-0.2, 0) is 17.3 Å². The summed E-state index contributed by atoms with van der Waals surface area (Å²) in [6.07, 6.45) is 9.13. The minimum atomic E-state index is -0.836. The average molecular weight is 531 g/mol. The Morgan fingerprint density at radius 2 is 2.11 bits per heavy atom. The Bertz CT molecular complexity index is 1470. The number of rotatable bonds is 7. The molecule has 0 aliphatic carbocycles. The second kappa shape index (κ2) is 10.3. The van der Waals surface area contributed by atoms with Gasteiger partial charge >= 0.3 is 0 Å². The molecule has 0 radical (unpaired) electrons. The van der Waals surface area contributed by atoms with E-state index in [0.717, 1.165) is 48.1 Å². The first kappa shape index (κ1) is 24.7. The topological polar surface area (TPSA) is 84.3 Å². The molecule has 0 saturated carbocycles. The minimum absolute atomic E-state index is 0.0848. The summed E-state index contributed by atoms with van der Waals surface area (Å²) < 4.78 is 7.79. The van der Waals surface area contributed by atoms with Gasteiger partial charge in [-0.05, 0) is 37.1 Å². The van der Waals surface area contributed by atoms with E-state index in [0.29, 0.717) is 41.9 Å². The Morgan fingerprint density at radius 3 is 2.97 bits per heavy atom. The molecule has 2 aliphatic rings. The fourth-order valence-corrected chi connectivity index (χ4v) is 5.90. The quantitative estimate of drug-likeness (QED) is 0.368. The van der Waals surface area contributed by atoms with Crippen molar-refractivity contribution in [2.24, 2.45) is 13.0 Å². The molecule has 9 heteroatoms. The predicted molar refractivity (Wildman–Crippen MR) is 150 cm³/mol. The Kier molecular flexibility index (Phi) is 6.68. The Labute approximate surface area is 226 Å². The van der Waals surface area contributed by atoms with Gasteiger partial charge in [0.2, 0.25) is 5.91 Å². The normalized spacial score (nSPS) is 20.8. The number of benzene rings is 2. The highest BCUT2D eigenvalue weighted by Gasteiger charge is 2.45. The molecule has 2 unspecified atom stereocenters. The van der Waals surface area contributed by atoms with Crippen molar-refractivity contribution < 1.29 is 9.53 Å². The molecule has 2 N–H and O–H groups in total. The van der Waals surface area contributed by atoms with Gasteiger partial charge in [0.1, 0.15) is 5.75 Å². The van der Waals surface area contributed by atoms with E-state index in [1.54, 1.807) is 6.20 Å². The van der Waals surface area contributed by atoms with Crippen molar-refractivity contribution in [3.8, 4) is 5.75 Å². The van der Waals surface area contributed by atoms with Crippen molar-refractivity contribution >= 4 is 39.7 Å². The first-order valence-electron chi connectivity index (χ1n) is 13.0. The zero-order chi connectivity index (χ0) is 26.1. The van der Waals surface area contributed by atoms with E-state index in [9.17, 15) is 4.79 Å². The van der Waals surface area contributed by atoms with Gasteiger partial charge in [-0.3, -0.25) is 14.5 Å². The third-order valence-corrected chi connectivity index (χ3v) is 8.03. The lowest BCUT2D eigenvalue weighted by atomic mass is 9.74. The monoisotopic (exact) mass is 530 g/mol. The predicted octanol–water partition coefficient (Wildman–Crippen LogP) is 4.40. The van der Waals surface area contributed by atoms with E-state index in [1.165, 1.54) is 0 Å². The molecule has 2 aliphatic heterocycles. The smallest absolute Gasteiger partial charge is 0.236 e. The molecule has 1 amide bonds. The Balaban J connectivity index is 1.24. The van der Waals surface area contributed by atoms with Crippen molar-refractivity contribution in [3.63, 3.8) is 0 Å². The molecule has 196 valence electrons. The van der Waals surface area contributed by atoms with E-state index in [4.69, 9.17) is 16.3 Å². The highest BCUT2D eigenvalue weighted by atomic mass is 35.5. The SMILES string of the molecule is Cn1cc(N2CCC(CNCC3(C(=O)Nc4cncc5ccccc45)CCOc4ccc(Cl)cc43)C2)cn1. The number of hydrogen-bond donors (Lipinski definition) is 2. The van der Waals surface area contributed by atoms with Crippen molar-refractivity contribution in [1.82, 2.24) is 20.1 Å². The number of amides is 1. The second-order valence-corrected chi connectivity index (χ2v) is 10.7. The van der Waals surface area contributed by atoms with Crippen molar-refractivity contribution in [2.75, 3.05) is 43.0 Å². The van der Waals surface area contributed by atoms with Crippen LogP contribution < -0.4 is 20.3 Å². The molecule has 38 heavy (non-hydrogen) atoms. The Morgan fingerprint density at radius 1 is 1.21 bits per heavy atom. The highest BCUT2D eigenvalue weighted by Crippen LogP contribution is 2.41. The zero-order valence-corrected chi connectivity index (χ0v) is 22.1. The molecule has 0 bridgehead atoms. The van der Waals surface area contributed by atoms with Crippen LogP contribution in [0.2, 0.25) is 5.02 Å². The largest absolute Gasteiger partial charge is 0.493 e. The molecule has 2 aromatic carbocycles. The first-order valence-corrected chi connectivity index (χ1v) is 13.4. The number of aryl methyl sites for hydroxylation is 1. The van der Waals surface area contributed by atoms with Crippen molar-refractivity contribution in [3.05, 3.63) is 77.8 Å². The third-order valence-electron chi connectivity index (χ3n) is 7.80. The zero-order valence-electron chi connectivity index (χ0n) is 21.4. The number of carbonyl (C=O) groups excluding carboxylic acids is 1. The second-order valence-electron chi connectivity index (χ2n) is 10.3. The van der Waals surface area contributed by atoms with Crippen LogP contribution in [0.15, 0.2) is 67.3 Å². The molecule has 0 spiro atoms. The van der Waals surface area contributed by atoms with Crippen LogP contribution in [0, 0.1) is 5.92 Å². The molecule has 1 fully saturated rings. The number of nitrogens with one attached hydrogen (secondary N) is 2. The standard InChI is InChI=1S/C29H31ClN6O2/c1-35-18-23(15-33-35)36-10-8-20(17-36)13-32-19-29(9-11-38-27-7-6-22(30)12-25(27)29)28(37)34-26-16-31-14-21-4-2-3-5-24(21)26/h2-7,12,14-16,18,20,32H,8-11,13,17,19H2,1H3,(H,34,37). The molecule has 4 aromatic rings. The lowest BCUT2D eigenvalue weighted by molar-refractivity contribution is -0.122. The summed E-state index contributed by atoms with van der Waals surface area (Å²) in [6, 6.07) is 13.5. The molecule has 2 atom stereocenters. The number of pyridine rings is 1. The lowest BCUT2D eigenvalue weighted by Gasteiger charge is -2.38. The Hall–Kier alpha value is -3.62. The van der Waals surface area contributed by atoms with Crippen LogP contribution >= 0.6 is 11.6 Å². The molecule has 4 heterocycles. The van der Waals surface area contributed by atoms with E-state index in [-0.39, 0.29) is 5.91 Å². The van der Waals surface area contributed by atoms with E-state index >= 15 is 0 Å². The van der Waals surface area contributed by atoms with Gasteiger partial charge in [0.15, 0.2) is 0 Å². The van der Waals surface area contributed by atoms with Crippen LogP contribution in [0.4, 0.5) is 11.4 Å². The van der Waals surface area contributed by atoms with Gasteiger partial charge in [-0.2, -0.15) is 5.10 Å². The highest BCUT2D eigenvalue weighted by molar-refractivity contribution is 6.30. The number of fused-ring (bicyclic) bond motifs is 2. The lowest BCUT2D eigenvalue weighted by Crippen LogP contribution is -2.51. The number of halogens is 1.